The molecule has 0 aliphatic carbocycles. The van der Waals surface area contributed by atoms with Crippen molar-refractivity contribution in [3.63, 3.8) is 0 Å². The standard InChI is InChI=1S/C11H15N7O2/c1-3-12-11-15-6-8(18(19)20)10(16-11)14-7-9-13-4-5-17(9)2/h4-6H,3,7H2,1-2H3,(H2,12,14,15,16). The van der Waals surface area contributed by atoms with Crippen molar-refractivity contribution in [1.82, 2.24) is 19.5 Å². The fraction of sp³-hybridized carbons (Fsp3) is 0.364. The largest absolute Gasteiger partial charge is 0.357 e. The van der Waals surface area contributed by atoms with E-state index in [1.165, 1.54) is 6.20 Å². The van der Waals surface area contributed by atoms with Gasteiger partial charge in [-0.15, -0.1) is 0 Å². The summed E-state index contributed by atoms with van der Waals surface area (Å²) in [4.78, 5) is 22.6. The molecule has 0 amide bonds. The van der Waals surface area contributed by atoms with Crippen molar-refractivity contribution < 1.29 is 4.92 Å². The fourth-order valence-corrected chi connectivity index (χ4v) is 1.61. The summed E-state index contributed by atoms with van der Waals surface area (Å²) < 4.78 is 1.82. The second-order valence-corrected chi connectivity index (χ2v) is 4.02. The van der Waals surface area contributed by atoms with Gasteiger partial charge in [-0.25, -0.2) is 9.97 Å². The van der Waals surface area contributed by atoms with Crippen LogP contribution in [0.15, 0.2) is 18.6 Å². The number of aromatic nitrogens is 4. The summed E-state index contributed by atoms with van der Waals surface area (Å²) in [5, 5.41) is 16.8. The second-order valence-electron chi connectivity index (χ2n) is 4.02. The Bertz CT molecular complexity index is 611. The maximum Gasteiger partial charge on any atom is 0.329 e. The van der Waals surface area contributed by atoms with Gasteiger partial charge in [-0.3, -0.25) is 10.1 Å². The van der Waals surface area contributed by atoms with E-state index in [4.69, 9.17) is 0 Å². The van der Waals surface area contributed by atoms with Gasteiger partial charge in [-0.2, -0.15) is 4.98 Å². The van der Waals surface area contributed by atoms with Crippen LogP contribution in [-0.4, -0.2) is 31.0 Å². The number of hydrogen-bond donors (Lipinski definition) is 2. The molecule has 106 valence electrons. The van der Waals surface area contributed by atoms with Crippen LogP contribution in [0.25, 0.3) is 0 Å². The van der Waals surface area contributed by atoms with Gasteiger partial charge in [0.1, 0.15) is 12.0 Å². The number of nitrogens with zero attached hydrogens (tertiary/aromatic N) is 5. The molecule has 2 N–H and O–H groups in total. The predicted molar refractivity (Wildman–Crippen MR) is 73.4 cm³/mol. The highest BCUT2D eigenvalue weighted by atomic mass is 16.6. The van der Waals surface area contributed by atoms with Crippen molar-refractivity contribution in [2.45, 2.75) is 13.5 Å². The average molecular weight is 277 g/mol. The SMILES string of the molecule is CCNc1ncc([N+](=O)[O-])c(NCc2nccn2C)n1. The molecule has 9 nitrogen and oxygen atoms in total. The topological polar surface area (TPSA) is 111 Å². The zero-order chi connectivity index (χ0) is 14.5. The Hall–Kier alpha value is -2.71. The lowest BCUT2D eigenvalue weighted by Crippen LogP contribution is -2.11. The number of nitrogens with one attached hydrogen (secondary N) is 2. The van der Waals surface area contributed by atoms with Gasteiger partial charge in [-0.05, 0) is 6.92 Å². The molecule has 2 aromatic heterocycles. The van der Waals surface area contributed by atoms with Crippen molar-refractivity contribution in [2.24, 2.45) is 7.05 Å². The van der Waals surface area contributed by atoms with Gasteiger partial charge >= 0.3 is 5.69 Å². The number of aryl methyl sites for hydroxylation is 1. The number of anilines is 2. The summed E-state index contributed by atoms with van der Waals surface area (Å²) in [5.74, 6) is 1.27. The van der Waals surface area contributed by atoms with E-state index >= 15 is 0 Å². The van der Waals surface area contributed by atoms with Crippen molar-refractivity contribution in [2.75, 3.05) is 17.2 Å². The van der Waals surface area contributed by atoms with Gasteiger partial charge < -0.3 is 15.2 Å². The number of rotatable bonds is 6. The van der Waals surface area contributed by atoms with E-state index in [1.807, 2.05) is 18.5 Å². The first kappa shape index (κ1) is 13.7. The first-order chi connectivity index (χ1) is 9.61. The van der Waals surface area contributed by atoms with Gasteiger partial charge in [-0.1, -0.05) is 0 Å². The molecule has 0 radical (unpaired) electrons. The molecular formula is C11H15N7O2. The van der Waals surface area contributed by atoms with Crippen LogP contribution in [0.2, 0.25) is 0 Å². The Morgan fingerprint density at radius 1 is 1.40 bits per heavy atom. The normalized spacial score (nSPS) is 10.3. The Balaban J connectivity index is 2.21. The van der Waals surface area contributed by atoms with E-state index < -0.39 is 4.92 Å². The fourth-order valence-electron chi connectivity index (χ4n) is 1.61. The van der Waals surface area contributed by atoms with Gasteiger partial charge in [0.15, 0.2) is 0 Å². The Labute approximate surface area is 115 Å². The van der Waals surface area contributed by atoms with Crippen LogP contribution >= 0.6 is 0 Å². The zero-order valence-corrected chi connectivity index (χ0v) is 11.2. The van der Waals surface area contributed by atoms with Gasteiger partial charge in [0, 0.05) is 26.0 Å². The van der Waals surface area contributed by atoms with E-state index in [0.717, 1.165) is 5.82 Å². The molecule has 2 aromatic rings. The highest BCUT2D eigenvalue weighted by Gasteiger charge is 2.17. The molecule has 2 rings (SSSR count). The van der Waals surface area contributed by atoms with E-state index in [-0.39, 0.29) is 11.5 Å². The number of imidazole rings is 1. The lowest BCUT2D eigenvalue weighted by atomic mass is 10.4. The molecule has 9 heteroatoms. The summed E-state index contributed by atoms with van der Waals surface area (Å²) in [6.45, 7) is 2.87. The molecular weight excluding hydrogens is 262 g/mol. The summed E-state index contributed by atoms with van der Waals surface area (Å²) >= 11 is 0. The maximum absolute atomic E-state index is 11.0. The Kier molecular flexibility index (Phi) is 4.08. The second kappa shape index (κ2) is 5.95. The maximum atomic E-state index is 11.0. The summed E-state index contributed by atoms with van der Waals surface area (Å²) in [5.41, 5.74) is -0.166. The van der Waals surface area contributed by atoms with Crippen molar-refractivity contribution in [3.05, 3.63) is 34.5 Å². The number of hydrogen-bond acceptors (Lipinski definition) is 7. The molecule has 0 aliphatic rings. The van der Waals surface area contributed by atoms with E-state index in [0.29, 0.717) is 19.0 Å². The van der Waals surface area contributed by atoms with E-state index in [1.54, 1.807) is 12.4 Å². The molecule has 20 heavy (non-hydrogen) atoms. The molecule has 2 heterocycles. The van der Waals surface area contributed by atoms with E-state index in [2.05, 4.69) is 25.6 Å². The predicted octanol–water partition coefficient (Wildman–Crippen LogP) is 1.16. The lowest BCUT2D eigenvalue weighted by molar-refractivity contribution is -0.384. The average Bonchev–Trinajstić information content (AvgIpc) is 2.82. The molecule has 0 unspecified atom stereocenters. The summed E-state index contributed by atoms with van der Waals surface area (Å²) in [6.07, 6.45) is 4.65. The van der Waals surface area contributed by atoms with Crippen LogP contribution < -0.4 is 10.6 Å². The first-order valence-corrected chi connectivity index (χ1v) is 6.07. The third kappa shape index (κ3) is 2.99. The molecule has 0 saturated carbocycles. The van der Waals surface area contributed by atoms with Crippen LogP contribution in [0.1, 0.15) is 12.7 Å². The minimum Gasteiger partial charge on any atom is -0.357 e. The van der Waals surface area contributed by atoms with Crippen LogP contribution in [-0.2, 0) is 13.6 Å². The van der Waals surface area contributed by atoms with Crippen LogP contribution in [0.5, 0.6) is 0 Å². The highest BCUT2D eigenvalue weighted by Crippen LogP contribution is 2.22. The van der Waals surface area contributed by atoms with Crippen LogP contribution in [0.4, 0.5) is 17.5 Å². The first-order valence-electron chi connectivity index (χ1n) is 6.07. The summed E-state index contributed by atoms with van der Waals surface area (Å²) in [7, 11) is 1.85. The third-order valence-electron chi connectivity index (χ3n) is 2.64. The highest BCUT2D eigenvalue weighted by molar-refractivity contribution is 5.56. The summed E-state index contributed by atoms with van der Waals surface area (Å²) in [6, 6.07) is 0. The molecule has 0 fully saturated rings. The van der Waals surface area contributed by atoms with Crippen molar-refractivity contribution in [3.8, 4) is 0 Å². The minimum atomic E-state index is -0.517. The zero-order valence-electron chi connectivity index (χ0n) is 11.2. The molecule has 0 spiro atoms. The Morgan fingerprint density at radius 3 is 2.80 bits per heavy atom. The van der Waals surface area contributed by atoms with Crippen LogP contribution in [0.3, 0.4) is 0 Å². The Morgan fingerprint density at radius 2 is 2.20 bits per heavy atom. The quantitative estimate of drug-likeness (QED) is 0.602. The molecule has 0 atom stereocenters. The van der Waals surface area contributed by atoms with Gasteiger partial charge in [0.05, 0.1) is 11.5 Å². The molecule has 0 aromatic carbocycles. The number of nitro groups is 1. The molecule has 0 aliphatic heterocycles. The molecule has 0 bridgehead atoms. The lowest BCUT2D eigenvalue weighted by Gasteiger charge is -2.08. The third-order valence-corrected chi connectivity index (χ3v) is 2.64. The minimum absolute atomic E-state index is 0.166. The smallest absolute Gasteiger partial charge is 0.329 e. The van der Waals surface area contributed by atoms with Crippen LogP contribution in [0, 0.1) is 10.1 Å². The molecule has 0 saturated heterocycles. The monoisotopic (exact) mass is 277 g/mol. The van der Waals surface area contributed by atoms with E-state index in [9.17, 15) is 10.1 Å². The van der Waals surface area contributed by atoms with Crippen molar-refractivity contribution in [1.29, 1.82) is 0 Å². The van der Waals surface area contributed by atoms with Gasteiger partial charge in [0.25, 0.3) is 0 Å². The van der Waals surface area contributed by atoms with Crippen molar-refractivity contribution >= 4 is 17.5 Å². The van der Waals surface area contributed by atoms with Gasteiger partial charge in [0.2, 0.25) is 11.8 Å².